The van der Waals surface area contributed by atoms with Gasteiger partial charge in [0.1, 0.15) is 0 Å². The molecule has 3 N–H and O–H groups in total. The van der Waals surface area contributed by atoms with Crippen molar-refractivity contribution < 1.29 is 27.5 Å². The lowest BCUT2D eigenvalue weighted by Crippen LogP contribution is -2.41. The van der Waals surface area contributed by atoms with Gasteiger partial charge >= 0.3 is 0 Å². The van der Waals surface area contributed by atoms with Gasteiger partial charge in [-0.3, -0.25) is 20.4 Å². The molecule has 0 radical (unpaired) electrons. The number of aryl methyl sites for hydroxylation is 1. The highest BCUT2D eigenvalue weighted by molar-refractivity contribution is 7.89. The van der Waals surface area contributed by atoms with E-state index in [2.05, 4.69) is 29.4 Å². The average Bonchev–Trinajstić information content (AvgIpc) is 2.78. The lowest BCUT2D eigenvalue weighted by atomic mass is 10.1. The smallest absolute Gasteiger partial charge is 0.269 e. The van der Waals surface area contributed by atoms with Gasteiger partial charge in [-0.15, -0.1) is 0 Å². The molecule has 0 bridgehead atoms. The number of carbonyl (C=O) groups is 2. The molecule has 0 unspecified atom stereocenters. The summed E-state index contributed by atoms with van der Waals surface area (Å²) in [4.78, 5) is 25.1. The van der Waals surface area contributed by atoms with Gasteiger partial charge in [-0.2, -0.15) is 0 Å². The molecule has 2 amide bonds. The fraction of sp³-hybridized carbons (Fsp3) is 0.391. The van der Waals surface area contributed by atoms with Crippen LogP contribution in [0.2, 0.25) is 0 Å². The van der Waals surface area contributed by atoms with Crippen molar-refractivity contribution in [2.24, 2.45) is 5.92 Å². The monoisotopic (exact) mass is 477 g/mol. The number of rotatable bonds is 9. The minimum atomic E-state index is -3.75. The Kier molecular flexibility index (Phi) is 8.84. The van der Waals surface area contributed by atoms with E-state index < -0.39 is 21.8 Å². The lowest BCUT2D eigenvalue weighted by molar-refractivity contribution is 0.0846. The molecule has 2 aromatic rings. The molecule has 180 valence electrons. The van der Waals surface area contributed by atoms with Crippen LogP contribution in [0.15, 0.2) is 35.2 Å². The summed E-state index contributed by atoms with van der Waals surface area (Å²) in [5.41, 5.74) is 6.15. The fourth-order valence-corrected chi connectivity index (χ4v) is 4.00. The van der Waals surface area contributed by atoms with Crippen molar-refractivity contribution in [1.29, 1.82) is 0 Å². The summed E-state index contributed by atoms with van der Waals surface area (Å²) in [5.74, 6) is 0.194. The van der Waals surface area contributed by atoms with E-state index in [9.17, 15) is 18.0 Å². The Hall–Kier alpha value is -3.11. The standard InChI is InChI=1S/C23H31N3O6S/c1-14(2)9-10-32-19-8-7-17(12-20(19)31-6)22(27)25-26-23(28)18-11-15(3)16(4)21(13-18)33(29,30)24-5/h7-8,11-14,24H,9-10H2,1-6H3,(H,25,27)(H,26,28). The first kappa shape index (κ1) is 26.1. The number of benzene rings is 2. The van der Waals surface area contributed by atoms with Gasteiger partial charge in [-0.1, -0.05) is 13.8 Å². The van der Waals surface area contributed by atoms with Crippen LogP contribution in [0, 0.1) is 19.8 Å². The first-order chi connectivity index (χ1) is 15.5. The highest BCUT2D eigenvalue weighted by atomic mass is 32.2. The quantitative estimate of drug-likeness (QED) is 0.477. The Bertz CT molecular complexity index is 1130. The number of hydrogen-bond donors (Lipinski definition) is 3. The molecule has 9 nitrogen and oxygen atoms in total. The molecule has 0 aromatic heterocycles. The van der Waals surface area contributed by atoms with Crippen LogP contribution in [0.5, 0.6) is 11.5 Å². The number of ether oxygens (including phenoxy) is 2. The van der Waals surface area contributed by atoms with Crippen LogP contribution in [-0.4, -0.2) is 41.0 Å². The second-order valence-corrected chi connectivity index (χ2v) is 9.78. The molecule has 0 atom stereocenters. The largest absolute Gasteiger partial charge is 0.493 e. The van der Waals surface area contributed by atoms with Gasteiger partial charge in [-0.05, 0) is 74.7 Å². The molecule has 0 aliphatic carbocycles. The van der Waals surface area contributed by atoms with Crippen molar-refractivity contribution in [3.8, 4) is 11.5 Å². The van der Waals surface area contributed by atoms with Crippen molar-refractivity contribution in [3.05, 3.63) is 52.6 Å². The van der Waals surface area contributed by atoms with Crippen molar-refractivity contribution >= 4 is 21.8 Å². The number of sulfonamides is 1. The number of hydrazine groups is 1. The Morgan fingerprint density at radius 2 is 1.61 bits per heavy atom. The molecule has 2 rings (SSSR count). The van der Waals surface area contributed by atoms with E-state index >= 15 is 0 Å². The highest BCUT2D eigenvalue weighted by Crippen LogP contribution is 2.28. The molecular formula is C23H31N3O6S. The van der Waals surface area contributed by atoms with Gasteiger partial charge in [0, 0.05) is 11.1 Å². The Morgan fingerprint density at radius 3 is 2.18 bits per heavy atom. The van der Waals surface area contributed by atoms with Gasteiger partial charge in [0.2, 0.25) is 10.0 Å². The summed E-state index contributed by atoms with van der Waals surface area (Å²) in [6.07, 6.45) is 0.882. The third-order valence-electron chi connectivity index (χ3n) is 5.11. The summed E-state index contributed by atoms with van der Waals surface area (Å²) >= 11 is 0. The number of methoxy groups -OCH3 is 1. The summed E-state index contributed by atoms with van der Waals surface area (Å²) in [7, 11) is -0.974. The Balaban J connectivity index is 2.12. The number of hydrogen-bond acceptors (Lipinski definition) is 6. The second kappa shape index (κ2) is 11.2. The minimum Gasteiger partial charge on any atom is -0.493 e. The zero-order chi connectivity index (χ0) is 24.8. The summed E-state index contributed by atoms with van der Waals surface area (Å²) in [5, 5.41) is 0. The molecule has 0 aliphatic heterocycles. The van der Waals surface area contributed by atoms with E-state index in [-0.39, 0.29) is 16.0 Å². The minimum absolute atomic E-state index is 0.000677. The maximum Gasteiger partial charge on any atom is 0.269 e. The summed E-state index contributed by atoms with van der Waals surface area (Å²) in [6, 6.07) is 7.52. The first-order valence-electron chi connectivity index (χ1n) is 10.5. The molecule has 0 spiro atoms. The molecule has 0 saturated carbocycles. The topological polar surface area (TPSA) is 123 Å². The lowest BCUT2D eigenvalue weighted by Gasteiger charge is -2.14. The zero-order valence-corrected chi connectivity index (χ0v) is 20.6. The van der Waals surface area contributed by atoms with E-state index in [4.69, 9.17) is 9.47 Å². The van der Waals surface area contributed by atoms with Crippen LogP contribution in [0.3, 0.4) is 0 Å². The molecule has 2 aromatic carbocycles. The summed E-state index contributed by atoms with van der Waals surface area (Å²) in [6.45, 7) is 8.08. The molecular weight excluding hydrogens is 446 g/mol. The van der Waals surface area contributed by atoms with E-state index in [0.717, 1.165) is 6.42 Å². The van der Waals surface area contributed by atoms with E-state index in [0.29, 0.717) is 35.2 Å². The number of carbonyl (C=O) groups excluding carboxylic acids is 2. The average molecular weight is 478 g/mol. The van der Waals surface area contributed by atoms with Gasteiger partial charge in [-0.25, -0.2) is 13.1 Å². The van der Waals surface area contributed by atoms with Gasteiger partial charge in [0.15, 0.2) is 11.5 Å². The predicted molar refractivity (Wildman–Crippen MR) is 125 cm³/mol. The van der Waals surface area contributed by atoms with Crippen LogP contribution in [0.25, 0.3) is 0 Å². The fourth-order valence-electron chi connectivity index (χ4n) is 2.94. The molecule has 0 fully saturated rings. The second-order valence-electron chi connectivity index (χ2n) is 7.93. The number of nitrogens with one attached hydrogen (secondary N) is 3. The van der Waals surface area contributed by atoms with Crippen LogP contribution in [0.1, 0.15) is 52.1 Å². The molecule has 0 aliphatic rings. The highest BCUT2D eigenvalue weighted by Gasteiger charge is 2.20. The van der Waals surface area contributed by atoms with Crippen molar-refractivity contribution in [2.75, 3.05) is 20.8 Å². The van der Waals surface area contributed by atoms with E-state index in [1.54, 1.807) is 32.0 Å². The van der Waals surface area contributed by atoms with Crippen molar-refractivity contribution in [3.63, 3.8) is 0 Å². The maximum absolute atomic E-state index is 12.6. The third kappa shape index (κ3) is 6.69. The molecule has 10 heteroatoms. The maximum atomic E-state index is 12.6. The molecule has 0 saturated heterocycles. The SMILES string of the molecule is CNS(=O)(=O)c1cc(C(=O)NNC(=O)c2ccc(OCCC(C)C)c(OC)c2)cc(C)c1C. The summed E-state index contributed by atoms with van der Waals surface area (Å²) < 4.78 is 37.8. The van der Waals surface area contributed by atoms with E-state index in [1.807, 2.05) is 0 Å². The molecule has 0 heterocycles. The van der Waals surface area contributed by atoms with Crippen LogP contribution in [0.4, 0.5) is 0 Å². The van der Waals surface area contributed by atoms with Gasteiger partial charge in [0.25, 0.3) is 11.8 Å². The van der Waals surface area contributed by atoms with E-state index in [1.165, 1.54) is 26.3 Å². The molecule has 33 heavy (non-hydrogen) atoms. The number of amides is 2. The third-order valence-corrected chi connectivity index (χ3v) is 6.65. The van der Waals surface area contributed by atoms with Gasteiger partial charge < -0.3 is 9.47 Å². The Morgan fingerprint density at radius 1 is 0.970 bits per heavy atom. The van der Waals surface area contributed by atoms with Crippen LogP contribution >= 0.6 is 0 Å². The zero-order valence-electron chi connectivity index (χ0n) is 19.7. The van der Waals surface area contributed by atoms with Crippen LogP contribution in [-0.2, 0) is 10.0 Å². The van der Waals surface area contributed by atoms with Crippen molar-refractivity contribution in [2.45, 2.75) is 39.0 Å². The normalized spacial score (nSPS) is 11.2. The Labute approximate surface area is 194 Å². The van der Waals surface area contributed by atoms with Gasteiger partial charge in [0.05, 0.1) is 18.6 Å². The van der Waals surface area contributed by atoms with Crippen LogP contribution < -0.4 is 25.0 Å². The van der Waals surface area contributed by atoms with Crippen molar-refractivity contribution in [1.82, 2.24) is 15.6 Å². The predicted octanol–water partition coefficient (Wildman–Crippen LogP) is 2.72. The first-order valence-corrected chi connectivity index (χ1v) is 11.9.